The van der Waals surface area contributed by atoms with E-state index in [-0.39, 0.29) is 0 Å². The summed E-state index contributed by atoms with van der Waals surface area (Å²) in [5, 5.41) is 12.8. The molecule has 0 amide bonds. The third-order valence-electron chi connectivity index (χ3n) is 6.16. The lowest BCUT2D eigenvalue weighted by Crippen LogP contribution is -2.33. The molecule has 2 fully saturated rings. The molecule has 1 aromatic carbocycles. The molecule has 0 radical (unpaired) electrons. The van der Waals surface area contributed by atoms with Crippen molar-refractivity contribution in [3.05, 3.63) is 59.9 Å². The molecule has 1 saturated heterocycles. The number of aromatic nitrogens is 1. The molecule has 2 N–H and O–H groups in total. The summed E-state index contributed by atoms with van der Waals surface area (Å²) in [4.78, 5) is 17.8. The first-order chi connectivity index (χ1) is 15.1. The van der Waals surface area contributed by atoms with Gasteiger partial charge in [0.1, 0.15) is 12.4 Å². The molecule has 0 bridgehead atoms. The summed E-state index contributed by atoms with van der Waals surface area (Å²) < 4.78 is 11.1. The molecular formula is C24H31N3O4. The van der Waals surface area contributed by atoms with Gasteiger partial charge in [-0.3, -0.25) is 9.88 Å². The van der Waals surface area contributed by atoms with E-state index in [4.69, 9.17) is 9.47 Å². The number of aliphatic carboxylic acids is 1. The monoisotopic (exact) mass is 425 g/mol. The lowest BCUT2D eigenvalue weighted by molar-refractivity contribution is -0.149. The Morgan fingerprint density at radius 1 is 1.16 bits per heavy atom. The molecule has 166 valence electrons. The van der Waals surface area contributed by atoms with Crippen LogP contribution in [0.2, 0.25) is 0 Å². The zero-order valence-electron chi connectivity index (χ0n) is 17.9. The molecule has 2 aromatic rings. The number of benzene rings is 1. The number of carbonyl (C=O) groups is 1. The lowest BCUT2D eigenvalue weighted by Gasteiger charge is -2.19. The SMILES string of the molecule is CCO[C@@H](Cc1ccc(OCCNC2[C@H]3CN(Cc4ccncc4)C[C@@H]23)cc1)C(=O)O. The fourth-order valence-electron chi connectivity index (χ4n) is 4.54. The minimum Gasteiger partial charge on any atom is -0.492 e. The summed E-state index contributed by atoms with van der Waals surface area (Å²) in [5.74, 6) is 1.38. The fourth-order valence-corrected chi connectivity index (χ4v) is 4.54. The third-order valence-corrected chi connectivity index (χ3v) is 6.16. The molecule has 1 unspecified atom stereocenters. The van der Waals surface area contributed by atoms with E-state index < -0.39 is 12.1 Å². The van der Waals surface area contributed by atoms with Crippen LogP contribution in [0.1, 0.15) is 18.1 Å². The fraction of sp³-hybridized carbons (Fsp3) is 0.500. The van der Waals surface area contributed by atoms with E-state index in [0.29, 0.717) is 25.7 Å². The van der Waals surface area contributed by atoms with E-state index in [1.54, 1.807) is 6.92 Å². The van der Waals surface area contributed by atoms with Crippen LogP contribution in [0.5, 0.6) is 5.75 Å². The van der Waals surface area contributed by atoms with Crippen LogP contribution in [0.4, 0.5) is 0 Å². The number of pyridine rings is 1. The Balaban J connectivity index is 1.11. The van der Waals surface area contributed by atoms with Gasteiger partial charge in [0.15, 0.2) is 6.10 Å². The van der Waals surface area contributed by atoms with Gasteiger partial charge in [0.05, 0.1) is 0 Å². The number of piperidine rings is 1. The van der Waals surface area contributed by atoms with Crippen LogP contribution in [-0.2, 0) is 22.5 Å². The van der Waals surface area contributed by atoms with Gasteiger partial charge in [-0.2, -0.15) is 0 Å². The van der Waals surface area contributed by atoms with Crippen molar-refractivity contribution in [1.82, 2.24) is 15.2 Å². The molecule has 1 saturated carbocycles. The zero-order chi connectivity index (χ0) is 21.6. The van der Waals surface area contributed by atoms with Gasteiger partial charge in [0.2, 0.25) is 0 Å². The minimum absolute atomic E-state index is 0.355. The second-order valence-corrected chi connectivity index (χ2v) is 8.34. The van der Waals surface area contributed by atoms with Gasteiger partial charge >= 0.3 is 5.97 Å². The highest BCUT2D eigenvalue weighted by Gasteiger charge is 2.55. The first-order valence-electron chi connectivity index (χ1n) is 11.0. The van der Waals surface area contributed by atoms with Crippen molar-refractivity contribution in [2.45, 2.75) is 32.0 Å². The van der Waals surface area contributed by atoms with Crippen molar-refractivity contribution in [3.8, 4) is 5.75 Å². The first kappa shape index (κ1) is 21.7. The van der Waals surface area contributed by atoms with Crippen LogP contribution in [-0.4, -0.2) is 66.0 Å². The number of rotatable bonds is 12. The van der Waals surface area contributed by atoms with Gasteiger partial charge in [-0.15, -0.1) is 0 Å². The lowest BCUT2D eigenvalue weighted by atomic mass is 10.1. The van der Waals surface area contributed by atoms with Gasteiger partial charge in [0, 0.05) is 57.6 Å². The van der Waals surface area contributed by atoms with Crippen LogP contribution >= 0.6 is 0 Å². The maximum absolute atomic E-state index is 11.2. The normalized spacial score (nSPS) is 23.3. The summed E-state index contributed by atoms with van der Waals surface area (Å²) >= 11 is 0. The Labute approximate surface area is 183 Å². The van der Waals surface area contributed by atoms with Crippen molar-refractivity contribution >= 4 is 5.97 Å². The van der Waals surface area contributed by atoms with Crippen molar-refractivity contribution < 1.29 is 19.4 Å². The standard InChI is InChI=1S/C24H31N3O4/c1-2-30-22(24(28)29)13-17-3-5-19(6-4-17)31-12-11-26-23-20-15-27(16-21(20)23)14-18-7-9-25-10-8-18/h3-10,20-23,26H,2,11-16H2,1H3,(H,28,29)/t20-,21+,22-,23?/m0/s1. The molecule has 31 heavy (non-hydrogen) atoms. The van der Waals surface area contributed by atoms with Crippen molar-refractivity contribution in [2.75, 3.05) is 32.8 Å². The predicted octanol–water partition coefficient (Wildman–Crippen LogP) is 2.21. The Bertz CT molecular complexity index is 834. The third kappa shape index (κ3) is 5.81. The van der Waals surface area contributed by atoms with Gasteiger partial charge in [0.25, 0.3) is 0 Å². The second-order valence-electron chi connectivity index (χ2n) is 8.34. The number of nitrogens with zero attached hydrogens (tertiary/aromatic N) is 2. The zero-order valence-corrected chi connectivity index (χ0v) is 17.9. The Morgan fingerprint density at radius 3 is 2.52 bits per heavy atom. The van der Waals surface area contributed by atoms with Crippen molar-refractivity contribution in [3.63, 3.8) is 0 Å². The molecule has 1 aliphatic carbocycles. The second kappa shape index (κ2) is 10.2. The van der Waals surface area contributed by atoms with Crippen LogP contribution in [0.3, 0.4) is 0 Å². The summed E-state index contributed by atoms with van der Waals surface area (Å²) in [6.45, 7) is 6.96. The number of fused-ring (bicyclic) bond motifs is 1. The Hall–Kier alpha value is -2.48. The molecule has 0 spiro atoms. The van der Waals surface area contributed by atoms with Crippen LogP contribution in [0.15, 0.2) is 48.8 Å². The summed E-state index contributed by atoms with van der Waals surface area (Å²) in [5.41, 5.74) is 2.25. The van der Waals surface area contributed by atoms with E-state index in [1.807, 2.05) is 36.7 Å². The van der Waals surface area contributed by atoms with E-state index in [9.17, 15) is 9.90 Å². The van der Waals surface area contributed by atoms with E-state index in [1.165, 1.54) is 5.56 Å². The van der Waals surface area contributed by atoms with E-state index in [2.05, 4.69) is 27.3 Å². The molecule has 7 nitrogen and oxygen atoms in total. The molecular weight excluding hydrogens is 394 g/mol. The van der Waals surface area contributed by atoms with Crippen LogP contribution in [0.25, 0.3) is 0 Å². The minimum atomic E-state index is -0.932. The highest BCUT2D eigenvalue weighted by Crippen LogP contribution is 2.45. The molecule has 2 heterocycles. The van der Waals surface area contributed by atoms with Crippen LogP contribution in [0, 0.1) is 11.8 Å². The number of likely N-dealkylation sites (tertiary alicyclic amines) is 1. The number of carboxylic acids is 1. The Morgan fingerprint density at radius 2 is 1.87 bits per heavy atom. The molecule has 4 rings (SSSR count). The Kier molecular flexibility index (Phi) is 7.17. The van der Waals surface area contributed by atoms with Crippen molar-refractivity contribution in [2.24, 2.45) is 11.8 Å². The number of hydrogen-bond donors (Lipinski definition) is 2. The molecule has 4 atom stereocenters. The summed E-state index contributed by atoms with van der Waals surface area (Å²) in [6, 6.07) is 12.4. The predicted molar refractivity (Wildman–Crippen MR) is 117 cm³/mol. The van der Waals surface area contributed by atoms with E-state index in [0.717, 1.165) is 49.3 Å². The maximum Gasteiger partial charge on any atom is 0.333 e. The van der Waals surface area contributed by atoms with Crippen molar-refractivity contribution in [1.29, 1.82) is 0 Å². The smallest absolute Gasteiger partial charge is 0.333 e. The first-order valence-corrected chi connectivity index (χ1v) is 11.0. The van der Waals surface area contributed by atoms with Gasteiger partial charge in [-0.1, -0.05) is 12.1 Å². The molecule has 2 aliphatic rings. The number of nitrogens with one attached hydrogen (secondary N) is 1. The van der Waals surface area contributed by atoms with Gasteiger partial charge in [-0.25, -0.2) is 4.79 Å². The van der Waals surface area contributed by atoms with Gasteiger partial charge in [-0.05, 0) is 54.2 Å². The molecule has 7 heteroatoms. The van der Waals surface area contributed by atoms with Crippen LogP contribution < -0.4 is 10.1 Å². The number of hydrogen-bond acceptors (Lipinski definition) is 6. The maximum atomic E-state index is 11.2. The topological polar surface area (TPSA) is 83.9 Å². The summed E-state index contributed by atoms with van der Waals surface area (Å²) in [6.07, 6.45) is 3.27. The summed E-state index contributed by atoms with van der Waals surface area (Å²) in [7, 11) is 0. The average molecular weight is 426 g/mol. The largest absolute Gasteiger partial charge is 0.492 e. The highest BCUT2D eigenvalue weighted by atomic mass is 16.5. The average Bonchev–Trinajstić information content (AvgIpc) is 3.22. The van der Waals surface area contributed by atoms with E-state index >= 15 is 0 Å². The number of ether oxygens (including phenoxy) is 2. The van der Waals surface area contributed by atoms with Gasteiger partial charge < -0.3 is 19.9 Å². The highest BCUT2D eigenvalue weighted by molar-refractivity contribution is 5.72. The quantitative estimate of drug-likeness (QED) is 0.505. The molecule has 1 aromatic heterocycles. The number of carboxylic acid groups (broad SMARTS) is 1. The molecule has 1 aliphatic heterocycles.